The van der Waals surface area contributed by atoms with E-state index < -0.39 is 11.6 Å². The summed E-state index contributed by atoms with van der Waals surface area (Å²) in [6.45, 7) is 5.04. The van der Waals surface area contributed by atoms with E-state index in [1.807, 2.05) is 6.92 Å². The van der Waals surface area contributed by atoms with Crippen LogP contribution in [0.25, 0.3) is 0 Å². The summed E-state index contributed by atoms with van der Waals surface area (Å²) in [5.74, 6) is -2.37. The van der Waals surface area contributed by atoms with Crippen molar-refractivity contribution in [2.45, 2.75) is 32.3 Å². The highest BCUT2D eigenvalue weighted by Crippen LogP contribution is 2.16. The van der Waals surface area contributed by atoms with E-state index in [0.29, 0.717) is 12.6 Å². The predicted octanol–water partition coefficient (Wildman–Crippen LogP) is 3.04. The Morgan fingerprint density at radius 3 is 2.71 bits per heavy atom. The first-order valence-electron chi connectivity index (χ1n) is 7.43. The Morgan fingerprint density at radius 1 is 1.33 bits per heavy atom. The van der Waals surface area contributed by atoms with Gasteiger partial charge in [-0.25, -0.2) is 8.78 Å². The third kappa shape index (κ3) is 4.32. The van der Waals surface area contributed by atoms with Gasteiger partial charge in [0.15, 0.2) is 17.4 Å². The number of Topliss-reactive ketones (excluding diaryl/α,β-unsaturated/α-hetero) is 1. The summed E-state index contributed by atoms with van der Waals surface area (Å²) in [5, 5.41) is 0. The number of halogens is 2. The average molecular weight is 297 g/mol. The van der Waals surface area contributed by atoms with Gasteiger partial charge in [0.1, 0.15) is 0 Å². The molecule has 0 unspecified atom stereocenters. The first-order valence-corrected chi connectivity index (χ1v) is 7.43. The lowest BCUT2D eigenvalue weighted by atomic mass is 10.0. The van der Waals surface area contributed by atoms with Gasteiger partial charge in [-0.3, -0.25) is 4.79 Å². The molecule has 0 aliphatic carbocycles. The summed E-state index contributed by atoms with van der Waals surface area (Å²) >= 11 is 0. The Labute approximate surface area is 123 Å². The number of piperidine rings is 1. The lowest BCUT2D eigenvalue weighted by Crippen LogP contribution is -2.38. The summed E-state index contributed by atoms with van der Waals surface area (Å²) in [6.07, 6.45) is 2.43. The number of hydrogen-bond acceptors (Lipinski definition) is 3. The van der Waals surface area contributed by atoms with Gasteiger partial charge in [0.25, 0.3) is 0 Å². The van der Waals surface area contributed by atoms with E-state index in [4.69, 9.17) is 4.74 Å². The number of carbonyl (C=O) groups excluding carboxylic acids is 1. The fourth-order valence-corrected chi connectivity index (χ4v) is 2.65. The third-order valence-corrected chi connectivity index (χ3v) is 3.84. The fraction of sp³-hybridized carbons (Fsp3) is 0.562. The second-order valence-corrected chi connectivity index (χ2v) is 5.27. The number of ether oxygens (including phenoxy) is 1. The highest BCUT2D eigenvalue weighted by atomic mass is 19.2. The van der Waals surface area contributed by atoms with Gasteiger partial charge in [-0.05, 0) is 31.9 Å². The third-order valence-electron chi connectivity index (χ3n) is 3.84. The topological polar surface area (TPSA) is 29.5 Å². The van der Waals surface area contributed by atoms with E-state index in [1.165, 1.54) is 12.1 Å². The molecule has 116 valence electrons. The number of benzene rings is 1. The van der Waals surface area contributed by atoms with Crippen LogP contribution < -0.4 is 0 Å². The average Bonchev–Trinajstić information content (AvgIpc) is 2.49. The van der Waals surface area contributed by atoms with E-state index in [2.05, 4.69) is 4.90 Å². The summed E-state index contributed by atoms with van der Waals surface area (Å²) in [4.78, 5) is 14.1. The van der Waals surface area contributed by atoms with Crippen LogP contribution in [0.15, 0.2) is 18.2 Å². The quantitative estimate of drug-likeness (QED) is 0.756. The summed E-state index contributed by atoms with van der Waals surface area (Å²) in [6, 6.07) is 3.71. The lowest BCUT2D eigenvalue weighted by molar-refractivity contribution is 0.0143. The molecule has 1 fully saturated rings. The second kappa shape index (κ2) is 7.61. The predicted molar refractivity (Wildman–Crippen MR) is 76.4 cm³/mol. The Morgan fingerprint density at radius 2 is 2.05 bits per heavy atom. The van der Waals surface area contributed by atoms with Crippen LogP contribution in [-0.4, -0.2) is 43.0 Å². The summed E-state index contributed by atoms with van der Waals surface area (Å²) in [7, 11) is 0. The molecule has 0 aromatic heterocycles. The van der Waals surface area contributed by atoms with Gasteiger partial charge in [-0.1, -0.05) is 6.07 Å². The van der Waals surface area contributed by atoms with Gasteiger partial charge in [0.2, 0.25) is 0 Å². The molecule has 2 rings (SSSR count). The van der Waals surface area contributed by atoms with Crippen LogP contribution in [0.1, 0.15) is 36.5 Å². The van der Waals surface area contributed by atoms with Gasteiger partial charge in [0.05, 0.1) is 11.7 Å². The van der Waals surface area contributed by atoms with Crippen molar-refractivity contribution >= 4 is 5.78 Å². The number of hydrogen-bond donors (Lipinski definition) is 0. The van der Waals surface area contributed by atoms with Crippen molar-refractivity contribution in [1.82, 2.24) is 4.90 Å². The van der Waals surface area contributed by atoms with Gasteiger partial charge >= 0.3 is 0 Å². The van der Waals surface area contributed by atoms with Gasteiger partial charge < -0.3 is 9.64 Å². The van der Waals surface area contributed by atoms with Crippen molar-refractivity contribution < 1.29 is 18.3 Å². The first-order chi connectivity index (χ1) is 10.1. The van der Waals surface area contributed by atoms with Crippen molar-refractivity contribution in [2.75, 3.05) is 26.2 Å². The van der Waals surface area contributed by atoms with Crippen molar-refractivity contribution in [3.63, 3.8) is 0 Å². The van der Waals surface area contributed by atoms with Crippen molar-refractivity contribution in [2.24, 2.45) is 0 Å². The Hall–Kier alpha value is -1.33. The summed E-state index contributed by atoms with van der Waals surface area (Å²) in [5.41, 5.74) is -0.154. The first kappa shape index (κ1) is 16.0. The maximum atomic E-state index is 13.5. The van der Waals surface area contributed by atoms with E-state index in [1.54, 1.807) is 0 Å². The number of ketones is 1. The van der Waals surface area contributed by atoms with E-state index in [-0.39, 0.29) is 17.8 Å². The Bertz CT molecular complexity index is 485. The van der Waals surface area contributed by atoms with Crippen LogP contribution in [0, 0.1) is 11.6 Å². The lowest BCUT2D eigenvalue weighted by Gasteiger charge is -2.31. The maximum Gasteiger partial charge on any atom is 0.169 e. The molecule has 0 atom stereocenters. The molecule has 0 saturated carbocycles. The second-order valence-electron chi connectivity index (χ2n) is 5.27. The highest BCUT2D eigenvalue weighted by Gasteiger charge is 2.21. The molecule has 0 radical (unpaired) electrons. The van der Waals surface area contributed by atoms with Crippen LogP contribution in [0.3, 0.4) is 0 Å². The molecule has 0 bridgehead atoms. The van der Waals surface area contributed by atoms with Gasteiger partial charge in [-0.2, -0.15) is 0 Å². The Kier molecular flexibility index (Phi) is 5.82. The Balaban J connectivity index is 1.81. The molecule has 1 aliphatic rings. The van der Waals surface area contributed by atoms with Gasteiger partial charge in [-0.15, -0.1) is 0 Å². The molecule has 3 nitrogen and oxygen atoms in total. The van der Waals surface area contributed by atoms with E-state index >= 15 is 0 Å². The van der Waals surface area contributed by atoms with Crippen LogP contribution in [-0.2, 0) is 4.74 Å². The number of carbonyl (C=O) groups is 1. The zero-order chi connectivity index (χ0) is 15.2. The van der Waals surface area contributed by atoms with E-state index in [0.717, 1.165) is 38.6 Å². The monoisotopic (exact) mass is 297 g/mol. The minimum absolute atomic E-state index is 0.154. The molecule has 1 saturated heterocycles. The molecule has 1 aromatic rings. The zero-order valence-corrected chi connectivity index (χ0v) is 12.3. The zero-order valence-electron chi connectivity index (χ0n) is 12.3. The molecule has 1 aromatic carbocycles. The van der Waals surface area contributed by atoms with Crippen LogP contribution in [0.4, 0.5) is 8.78 Å². The van der Waals surface area contributed by atoms with Crippen molar-refractivity contribution in [3.05, 3.63) is 35.4 Å². The normalized spacial score (nSPS) is 17.1. The number of likely N-dealkylation sites (tertiary alicyclic amines) is 1. The molecular weight excluding hydrogens is 276 g/mol. The van der Waals surface area contributed by atoms with Crippen molar-refractivity contribution in [1.29, 1.82) is 0 Å². The molecular formula is C16H21F2NO2. The largest absolute Gasteiger partial charge is 0.378 e. The number of rotatable bonds is 6. The van der Waals surface area contributed by atoms with E-state index in [9.17, 15) is 13.6 Å². The highest BCUT2D eigenvalue weighted by molar-refractivity contribution is 5.96. The molecule has 0 amide bonds. The smallest absolute Gasteiger partial charge is 0.169 e. The van der Waals surface area contributed by atoms with Gasteiger partial charge in [0, 0.05) is 32.7 Å². The number of nitrogens with zero attached hydrogens (tertiary/aromatic N) is 1. The molecule has 1 aliphatic heterocycles. The summed E-state index contributed by atoms with van der Waals surface area (Å²) < 4.78 is 32.2. The molecule has 1 heterocycles. The fourth-order valence-electron chi connectivity index (χ4n) is 2.65. The minimum Gasteiger partial charge on any atom is -0.378 e. The SMILES string of the molecule is CCOC1CCN(CCC(=O)c2cccc(F)c2F)CC1. The maximum absolute atomic E-state index is 13.5. The van der Waals surface area contributed by atoms with Crippen molar-refractivity contribution in [3.8, 4) is 0 Å². The standard InChI is InChI=1S/C16H21F2NO2/c1-2-21-12-6-9-19(10-7-12)11-8-15(20)13-4-3-5-14(17)16(13)18/h3-5,12H,2,6-11H2,1H3. The van der Waals surface area contributed by atoms with Crippen LogP contribution >= 0.6 is 0 Å². The molecule has 0 N–H and O–H groups in total. The van der Waals surface area contributed by atoms with Crippen LogP contribution in [0.5, 0.6) is 0 Å². The molecule has 0 spiro atoms. The molecule has 5 heteroatoms. The molecule has 21 heavy (non-hydrogen) atoms. The minimum atomic E-state index is -1.04. The van der Waals surface area contributed by atoms with Crippen LogP contribution in [0.2, 0.25) is 0 Å².